The van der Waals surface area contributed by atoms with Crippen molar-refractivity contribution in [2.45, 2.75) is 53.4 Å². The van der Waals surface area contributed by atoms with Gasteiger partial charge >= 0.3 is 0 Å². The van der Waals surface area contributed by atoms with E-state index in [1.165, 1.54) is 5.56 Å². The van der Waals surface area contributed by atoms with Crippen molar-refractivity contribution in [1.29, 1.82) is 0 Å². The Hall–Kier alpha value is -2.82. The molecule has 5 heteroatoms. The summed E-state index contributed by atoms with van der Waals surface area (Å²) in [6.45, 7) is 13.7. The van der Waals surface area contributed by atoms with Gasteiger partial charge in [0.25, 0.3) is 5.91 Å². The molecule has 2 aromatic carbocycles. The summed E-state index contributed by atoms with van der Waals surface area (Å²) in [6, 6.07) is 15.5. The Balaban J connectivity index is 1.86. The van der Waals surface area contributed by atoms with Crippen molar-refractivity contribution >= 4 is 12.1 Å². The summed E-state index contributed by atoms with van der Waals surface area (Å²) >= 11 is 0. The van der Waals surface area contributed by atoms with Gasteiger partial charge < -0.3 is 9.47 Å². The summed E-state index contributed by atoms with van der Waals surface area (Å²) in [4.78, 5) is 12.0. The molecule has 0 saturated carbocycles. The Morgan fingerprint density at radius 1 is 1.00 bits per heavy atom. The molecule has 162 valence electrons. The maximum absolute atomic E-state index is 12.0. The molecule has 0 aliphatic rings. The molecule has 0 aliphatic carbocycles. The van der Waals surface area contributed by atoms with Crippen LogP contribution in [0, 0.1) is 5.41 Å². The maximum Gasteiger partial charge on any atom is 0.277 e. The summed E-state index contributed by atoms with van der Waals surface area (Å²) in [7, 11) is 0. The normalized spacial score (nSPS) is 12.1. The minimum absolute atomic E-state index is 0.0701. The summed E-state index contributed by atoms with van der Waals surface area (Å²) in [5.74, 6) is 1.06. The predicted molar refractivity (Wildman–Crippen MR) is 122 cm³/mol. The van der Waals surface area contributed by atoms with Gasteiger partial charge in [-0.15, -0.1) is 0 Å². The summed E-state index contributed by atoms with van der Waals surface area (Å²) < 4.78 is 11.1. The fourth-order valence-corrected chi connectivity index (χ4v) is 3.66. The van der Waals surface area contributed by atoms with Crippen LogP contribution in [0.15, 0.2) is 53.6 Å². The van der Waals surface area contributed by atoms with E-state index in [2.05, 4.69) is 57.3 Å². The Kier molecular flexibility index (Phi) is 8.04. The minimum atomic E-state index is -0.322. The third-order valence-electron chi connectivity index (χ3n) is 4.59. The molecule has 0 spiro atoms. The van der Waals surface area contributed by atoms with E-state index in [-0.39, 0.29) is 23.3 Å². The van der Waals surface area contributed by atoms with Crippen molar-refractivity contribution in [3.8, 4) is 11.5 Å². The van der Waals surface area contributed by atoms with E-state index < -0.39 is 0 Å². The number of nitrogens with zero attached hydrogens (tertiary/aromatic N) is 1. The summed E-state index contributed by atoms with van der Waals surface area (Å²) in [5, 5.41) is 3.99. The number of carbonyl (C=O) groups excluding carboxylic acids is 1. The fraction of sp³-hybridized carbons (Fsp3) is 0.440. The Labute approximate surface area is 180 Å². The van der Waals surface area contributed by atoms with E-state index in [0.29, 0.717) is 12.4 Å². The van der Waals surface area contributed by atoms with Gasteiger partial charge in [-0.1, -0.05) is 58.9 Å². The van der Waals surface area contributed by atoms with E-state index in [9.17, 15) is 4.79 Å². The molecule has 0 unspecified atom stereocenters. The van der Waals surface area contributed by atoms with Gasteiger partial charge in [0.2, 0.25) is 0 Å². The van der Waals surface area contributed by atoms with Gasteiger partial charge in [-0.25, -0.2) is 5.43 Å². The molecular formula is C25H34N2O3. The zero-order chi connectivity index (χ0) is 22.2. The number of hydrogen-bond acceptors (Lipinski definition) is 4. The van der Waals surface area contributed by atoms with E-state index >= 15 is 0 Å². The number of ether oxygens (including phenoxy) is 2. The Morgan fingerprint density at radius 2 is 1.67 bits per heavy atom. The molecule has 1 amide bonds. The molecule has 0 aromatic heterocycles. The standard InChI is InChI=1S/C25H34N2O3/c1-7-29-22-11-9-8-10-19(22)16-26-27-23(28)17-30-21-14-12-20(13-15-21)25(5,6)18-24(2,3)4/h8-16H,7,17-18H2,1-6H3,(H,27,28)/b26-16+. The molecule has 0 saturated heterocycles. The van der Waals surface area contributed by atoms with Crippen LogP contribution in [0.25, 0.3) is 0 Å². The van der Waals surface area contributed by atoms with Crippen LogP contribution in [-0.4, -0.2) is 25.3 Å². The molecule has 0 bridgehead atoms. The van der Waals surface area contributed by atoms with Crippen LogP contribution in [-0.2, 0) is 10.2 Å². The van der Waals surface area contributed by atoms with E-state index in [4.69, 9.17) is 9.47 Å². The van der Waals surface area contributed by atoms with Gasteiger partial charge in [-0.2, -0.15) is 5.10 Å². The smallest absolute Gasteiger partial charge is 0.277 e. The highest BCUT2D eigenvalue weighted by molar-refractivity contribution is 5.85. The first-order valence-corrected chi connectivity index (χ1v) is 10.4. The highest BCUT2D eigenvalue weighted by Crippen LogP contribution is 2.36. The third-order valence-corrected chi connectivity index (χ3v) is 4.59. The highest BCUT2D eigenvalue weighted by atomic mass is 16.5. The molecule has 0 radical (unpaired) electrons. The average molecular weight is 411 g/mol. The number of rotatable bonds is 9. The number of benzene rings is 2. The zero-order valence-corrected chi connectivity index (χ0v) is 19.0. The van der Waals surface area contributed by atoms with E-state index in [1.54, 1.807) is 6.21 Å². The van der Waals surface area contributed by atoms with Crippen LogP contribution < -0.4 is 14.9 Å². The molecule has 0 fully saturated rings. The van der Waals surface area contributed by atoms with Crippen LogP contribution >= 0.6 is 0 Å². The van der Waals surface area contributed by atoms with E-state index in [0.717, 1.165) is 17.7 Å². The van der Waals surface area contributed by atoms with Crippen molar-refractivity contribution in [2.75, 3.05) is 13.2 Å². The summed E-state index contributed by atoms with van der Waals surface area (Å²) in [5.41, 5.74) is 4.86. The number of hydrogen-bond donors (Lipinski definition) is 1. The van der Waals surface area contributed by atoms with Crippen LogP contribution in [0.5, 0.6) is 11.5 Å². The number of carbonyl (C=O) groups is 1. The van der Waals surface area contributed by atoms with Gasteiger partial charge in [-0.3, -0.25) is 4.79 Å². The monoisotopic (exact) mass is 410 g/mol. The van der Waals surface area contributed by atoms with E-state index in [1.807, 2.05) is 43.3 Å². The number of hydrazone groups is 1. The first-order valence-electron chi connectivity index (χ1n) is 10.4. The number of para-hydroxylation sites is 1. The van der Waals surface area contributed by atoms with Crippen LogP contribution in [0.4, 0.5) is 0 Å². The van der Waals surface area contributed by atoms with Crippen LogP contribution in [0.3, 0.4) is 0 Å². The summed E-state index contributed by atoms with van der Waals surface area (Å²) in [6.07, 6.45) is 2.64. The lowest BCUT2D eigenvalue weighted by Gasteiger charge is -2.33. The van der Waals surface area contributed by atoms with Gasteiger partial charge in [0.15, 0.2) is 6.61 Å². The zero-order valence-electron chi connectivity index (χ0n) is 19.0. The molecule has 0 atom stereocenters. The van der Waals surface area contributed by atoms with Crippen LogP contribution in [0.2, 0.25) is 0 Å². The SMILES string of the molecule is CCOc1ccccc1/C=N/NC(=O)COc1ccc(C(C)(C)CC(C)(C)C)cc1. The molecule has 1 N–H and O–H groups in total. The largest absolute Gasteiger partial charge is 0.493 e. The second kappa shape index (κ2) is 10.3. The van der Waals surface area contributed by atoms with Gasteiger partial charge in [0.1, 0.15) is 11.5 Å². The molecule has 5 nitrogen and oxygen atoms in total. The van der Waals surface area contributed by atoms with Crippen molar-refractivity contribution in [1.82, 2.24) is 5.43 Å². The van der Waals surface area contributed by atoms with Crippen molar-refractivity contribution < 1.29 is 14.3 Å². The maximum atomic E-state index is 12.0. The lowest BCUT2D eigenvalue weighted by atomic mass is 9.72. The molecule has 0 heterocycles. The molecule has 0 aliphatic heterocycles. The van der Waals surface area contributed by atoms with Gasteiger partial charge in [0.05, 0.1) is 12.8 Å². The average Bonchev–Trinajstić information content (AvgIpc) is 2.66. The lowest BCUT2D eigenvalue weighted by Crippen LogP contribution is -2.25. The Bertz CT molecular complexity index is 849. The lowest BCUT2D eigenvalue weighted by molar-refractivity contribution is -0.123. The van der Waals surface area contributed by atoms with Crippen LogP contribution in [0.1, 0.15) is 59.1 Å². The third kappa shape index (κ3) is 7.54. The molecule has 2 rings (SSSR count). The van der Waals surface area contributed by atoms with Crippen molar-refractivity contribution in [2.24, 2.45) is 10.5 Å². The number of amides is 1. The fourth-order valence-electron chi connectivity index (χ4n) is 3.66. The van der Waals surface area contributed by atoms with Gasteiger partial charge in [0, 0.05) is 5.56 Å². The second-order valence-corrected chi connectivity index (χ2v) is 9.20. The predicted octanol–water partition coefficient (Wildman–Crippen LogP) is 5.33. The quantitative estimate of drug-likeness (QED) is 0.449. The van der Waals surface area contributed by atoms with Crippen molar-refractivity contribution in [3.05, 3.63) is 59.7 Å². The first kappa shape index (κ1) is 23.5. The molecule has 2 aromatic rings. The molecule has 30 heavy (non-hydrogen) atoms. The second-order valence-electron chi connectivity index (χ2n) is 9.20. The first-order chi connectivity index (χ1) is 14.1. The Morgan fingerprint density at radius 3 is 2.30 bits per heavy atom. The van der Waals surface area contributed by atoms with Crippen molar-refractivity contribution in [3.63, 3.8) is 0 Å². The number of nitrogens with one attached hydrogen (secondary N) is 1. The molecular weight excluding hydrogens is 376 g/mol. The van der Waals surface area contributed by atoms with Gasteiger partial charge in [-0.05, 0) is 54.0 Å². The minimum Gasteiger partial charge on any atom is -0.493 e. The topological polar surface area (TPSA) is 59.9 Å². The highest BCUT2D eigenvalue weighted by Gasteiger charge is 2.27.